The van der Waals surface area contributed by atoms with Gasteiger partial charge in [-0.15, -0.1) is 0 Å². The Morgan fingerprint density at radius 2 is 1.41 bits per heavy atom. The van der Waals surface area contributed by atoms with Crippen molar-refractivity contribution < 1.29 is 17.6 Å². The Kier molecular flexibility index (Phi) is 3.28. The van der Waals surface area contributed by atoms with Crippen molar-refractivity contribution in [1.29, 1.82) is 0 Å². The second-order valence-electron chi connectivity index (χ2n) is 2.94. The summed E-state index contributed by atoms with van der Waals surface area (Å²) in [5.41, 5.74) is 0. The minimum atomic E-state index is -1.67. The van der Waals surface area contributed by atoms with Crippen LogP contribution in [0.1, 0.15) is 0 Å². The second-order valence-corrected chi connectivity index (χ2v) is 4.02. The lowest BCUT2D eigenvalue weighted by Gasteiger charge is -2.05. The van der Waals surface area contributed by atoms with Gasteiger partial charge in [-0.2, -0.15) is 13.8 Å². The first-order valence-corrected chi connectivity index (χ1v) is 5.19. The summed E-state index contributed by atoms with van der Waals surface area (Å²) in [7, 11) is 0. The molecule has 88 valence electrons. The van der Waals surface area contributed by atoms with E-state index in [2.05, 4.69) is 9.97 Å². The summed E-state index contributed by atoms with van der Waals surface area (Å²) >= 11 is 0.559. The Labute approximate surface area is 97.7 Å². The Morgan fingerprint density at radius 1 is 0.882 bits per heavy atom. The van der Waals surface area contributed by atoms with Gasteiger partial charge in [-0.05, 0) is 12.1 Å². The molecule has 2 aromatic rings. The van der Waals surface area contributed by atoms with Crippen LogP contribution in [0.4, 0.5) is 17.6 Å². The van der Waals surface area contributed by atoms with Gasteiger partial charge in [0.1, 0.15) is 0 Å². The molecule has 2 aromatic heterocycles. The molecule has 0 aliphatic heterocycles. The van der Waals surface area contributed by atoms with Crippen molar-refractivity contribution in [2.45, 2.75) is 9.79 Å². The van der Waals surface area contributed by atoms with Crippen LogP contribution < -0.4 is 0 Å². The fourth-order valence-electron chi connectivity index (χ4n) is 1.08. The molecule has 7 heteroatoms. The Morgan fingerprint density at radius 3 is 1.94 bits per heavy atom. The van der Waals surface area contributed by atoms with Crippen LogP contribution in [-0.4, -0.2) is 9.97 Å². The molecule has 0 aliphatic rings. The standard InChI is InChI=1S/C10H4F4N2S/c11-6-8(7(12)10(14)16-9(6)13)17-5-1-3-15-4-2-5/h1-4H. The normalized spacial score (nSPS) is 10.6. The highest BCUT2D eigenvalue weighted by molar-refractivity contribution is 7.99. The minimum absolute atomic E-state index is 0.405. The van der Waals surface area contributed by atoms with Crippen LogP contribution in [0.5, 0.6) is 0 Å². The molecule has 0 aromatic carbocycles. The Bertz CT molecular complexity index is 521. The molecule has 0 atom stereocenters. The maximum atomic E-state index is 13.2. The quantitative estimate of drug-likeness (QED) is 0.612. The highest BCUT2D eigenvalue weighted by atomic mass is 32.2. The third-order valence-electron chi connectivity index (χ3n) is 1.83. The number of rotatable bonds is 2. The highest BCUT2D eigenvalue weighted by Crippen LogP contribution is 2.32. The van der Waals surface area contributed by atoms with Gasteiger partial charge < -0.3 is 0 Å². The van der Waals surface area contributed by atoms with Crippen LogP contribution in [0, 0.1) is 23.5 Å². The van der Waals surface area contributed by atoms with Gasteiger partial charge in [-0.1, -0.05) is 11.8 Å². The molecule has 0 amide bonds. The van der Waals surface area contributed by atoms with Crippen molar-refractivity contribution in [2.75, 3.05) is 0 Å². The van der Waals surface area contributed by atoms with Crippen LogP contribution in [0.15, 0.2) is 34.3 Å². The Balaban J connectivity index is 2.46. The summed E-state index contributed by atoms with van der Waals surface area (Å²) in [6.45, 7) is 0. The summed E-state index contributed by atoms with van der Waals surface area (Å²) in [5, 5.41) is 0. The van der Waals surface area contributed by atoms with E-state index in [0.717, 1.165) is 0 Å². The van der Waals surface area contributed by atoms with Gasteiger partial charge in [-0.3, -0.25) is 4.98 Å². The van der Waals surface area contributed by atoms with Crippen molar-refractivity contribution in [3.63, 3.8) is 0 Å². The zero-order valence-corrected chi connectivity index (χ0v) is 8.94. The topological polar surface area (TPSA) is 25.8 Å². The molecule has 0 unspecified atom stereocenters. The highest BCUT2D eigenvalue weighted by Gasteiger charge is 2.21. The van der Waals surface area contributed by atoms with E-state index in [9.17, 15) is 17.6 Å². The fraction of sp³-hybridized carbons (Fsp3) is 0. The third kappa shape index (κ3) is 2.38. The van der Waals surface area contributed by atoms with Gasteiger partial charge in [-0.25, -0.2) is 8.78 Å². The van der Waals surface area contributed by atoms with E-state index in [4.69, 9.17) is 0 Å². The van der Waals surface area contributed by atoms with E-state index in [1.54, 1.807) is 0 Å². The minimum Gasteiger partial charge on any atom is -0.265 e. The van der Waals surface area contributed by atoms with Gasteiger partial charge >= 0.3 is 0 Å². The average Bonchev–Trinajstić information content (AvgIpc) is 2.33. The predicted octanol–water partition coefficient (Wildman–Crippen LogP) is 3.18. The van der Waals surface area contributed by atoms with Gasteiger partial charge in [0.25, 0.3) is 11.9 Å². The molecule has 0 saturated carbocycles. The lowest BCUT2D eigenvalue weighted by Crippen LogP contribution is -2.01. The number of hydrogen-bond acceptors (Lipinski definition) is 3. The van der Waals surface area contributed by atoms with Gasteiger partial charge in [0.2, 0.25) is 0 Å². The molecule has 2 nitrogen and oxygen atoms in total. The molecule has 0 spiro atoms. The zero-order valence-electron chi connectivity index (χ0n) is 8.12. The second kappa shape index (κ2) is 4.70. The van der Waals surface area contributed by atoms with Crippen LogP contribution in [-0.2, 0) is 0 Å². The first-order valence-electron chi connectivity index (χ1n) is 4.37. The Hall–Kier alpha value is -1.63. The van der Waals surface area contributed by atoms with Crippen LogP contribution in [0.25, 0.3) is 0 Å². The van der Waals surface area contributed by atoms with E-state index in [-0.39, 0.29) is 0 Å². The molecular formula is C10H4F4N2S. The summed E-state index contributed by atoms with van der Waals surface area (Å²) < 4.78 is 52.1. The zero-order chi connectivity index (χ0) is 12.4. The van der Waals surface area contributed by atoms with Crippen molar-refractivity contribution in [3.8, 4) is 0 Å². The van der Waals surface area contributed by atoms with E-state index in [1.807, 2.05) is 0 Å². The van der Waals surface area contributed by atoms with E-state index < -0.39 is 28.4 Å². The molecular weight excluding hydrogens is 256 g/mol. The molecule has 2 heterocycles. The first kappa shape index (κ1) is 11.8. The molecule has 0 N–H and O–H groups in total. The lowest BCUT2D eigenvalue weighted by molar-refractivity contribution is 0.383. The van der Waals surface area contributed by atoms with Crippen molar-refractivity contribution in [3.05, 3.63) is 48.1 Å². The van der Waals surface area contributed by atoms with E-state index in [1.165, 1.54) is 24.5 Å². The molecule has 0 saturated heterocycles. The van der Waals surface area contributed by atoms with E-state index in [0.29, 0.717) is 16.7 Å². The number of aromatic nitrogens is 2. The molecule has 0 bridgehead atoms. The van der Waals surface area contributed by atoms with Crippen molar-refractivity contribution in [1.82, 2.24) is 9.97 Å². The average molecular weight is 260 g/mol. The summed E-state index contributed by atoms with van der Waals surface area (Å²) in [4.78, 5) is 5.81. The smallest absolute Gasteiger partial charge is 0.252 e. The third-order valence-corrected chi connectivity index (χ3v) is 2.90. The first-order chi connectivity index (χ1) is 8.09. The maximum Gasteiger partial charge on any atom is 0.252 e. The van der Waals surface area contributed by atoms with Gasteiger partial charge in [0.15, 0.2) is 11.6 Å². The SMILES string of the molecule is Fc1nc(F)c(F)c(Sc2ccncc2)c1F. The molecule has 0 fully saturated rings. The number of halogens is 4. The summed E-state index contributed by atoms with van der Waals surface area (Å²) in [6.07, 6.45) is 2.79. The number of nitrogens with zero attached hydrogens (tertiary/aromatic N) is 2. The largest absolute Gasteiger partial charge is 0.265 e. The van der Waals surface area contributed by atoms with Crippen LogP contribution in [0.3, 0.4) is 0 Å². The molecule has 0 radical (unpaired) electrons. The molecule has 17 heavy (non-hydrogen) atoms. The fourth-order valence-corrected chi connectivity index (χ4v) is 1.92. The van der Waals surface area contributed by atoms with Gasteiger partial charge in [0.05, 0.1) is 4.90 Å². The van der Waals surface area contributed by atoms with Crippen LogP contribution >= 0.6 is 11.8 Å². The number of pyridine rings is 2. The van der Waals surface area contributed by atoms with E-state index >= 15 is 0 Å². The molecule has 2 rings (SSSR count). The summed E-state index contributed by atoms with van der Waals surface area (Å²) in [6, 6.07) is 2.92. The number of hydrogen-bond donors (Lipinski definition) is 0. The lowest BCUT2D eigenvalue weighted by atomic mass is 10.4. The summed E-state index contributed by atoms with van der Waals surface area (Å²) in [5.74, 6) is -6.35. The molecule has 0 aliphatic carbocycles. The van der Waals surface area contributed by atoms with Gasteiger partial charge in [0, 0.05) is 17.3 Å². The predicted molar refractivity (Wildman–Crippen MR) is 52.4 cm³/mol. The van der Waals surface area contributed by atoms with Crippen LogP contribution in [0.2, 0.25) is 0 Å². The maximum absolute atomic E-state index is 13.2. The van der Waals surface area contributed by atoms with Crippen molar-refractivity contribution >= 4 is 11.8 Å². The van der Waals surface area contributed by atoms with Crippen molar-refractivity contribution in [2.24, 2.45) is 0 Å². The monoisotopic (exact) mass is 260 g/mol.